The Morgan fingerprint density at radius 1 is 1.04 bits per heavy atom. The zero-order valence-corrected chi connectivity index (χ0v) is 15.8. The Bertz CT molecular complexity index is 1050. The number of benzene rings is 2. The van der Waals surface area contributed by atoms with Gasteiger partial charge in [-0.15, -0.1) is 0 Å². The molecule has 0 unspecified atom stereocenters. The lowest BCUT2D eigenvalue weighted by Crippen LogP contribution is -2.23. The highest BCUT2D eigenvalue weighted by Gasteiger charge is 2.13. The van der Waals surface area contributed by atoms with Gasteiger partial charge in [-0.25, -0.2) is 8.42 Å². The molecule has 1 amide bonds. The van der Waals surface area contributed by atoms with Crippen LogP contribution in [0.3, 0.4) is 0 Å². The van der Waals surface area contributed by atoms with Crippen molar-refractivity contribution in [1.82, 2.24) is 15.5 Å². The molecule has 8 heteroatoms. The normalized spacial score (nSPS) is 11.2. The Hall–Kier alpha value is -3.10. The number of hydrogen-bond acceptors (Lipinski definition) is 6. The fourth-order valence-corrected chi connectivity index (χ4v) is 3.60. The highest BCUT2D eigenvalue weighted by molar-refractivity contribution is 7.91. The van der Waals surface area contributed by atoms with E-state index < -0.39 is 16.4 Å². The third kappa shape index (κ3) is 4.79. The Morgan fingerprint density at radius 2 is 1.75 bits per heavy atom. The minimum atomic E-state index is -3.49. The maximum atomic E-state index is 12.4. The molecule has 0 spiro atoms. The molecule has 3 aromatic rings. The van der Waals surface area contributed by atoms with Crippen LogP contribution in [-0.4, -0.2) is 42.0 Å². The lowest BCUT2D eigenvalue weighted by molar-refractivity contribution is 0.0950. The van der Waals surface area contributed by atoms with Crippen molar-refractivity contribution in [2.75, 3.05) is 12.4 Å². The van der Waals surface area contributed by atoms with Gasteiger partial charge >= 0.3 is 0 Å². The van der Waals surface area contributed by atoms with E-state index >= 15 is 0 Å². The van der Waals surface area contributed by atoms with Gasteiger partial charge in [-0.1, -0.05) is 42.5 Å². The van der Waals surface area contributed by atoms with E-state index in [0.717, 1.165) is 11.1 Å². The number of nitrogens with one attached hydrogen (secondary N) is 1. The van der Waals surface area contributed by atoms with Crippen molar-refractivity contribution in [2.45, 2.75) is 11.4 Å². The Kier molecular flexibility index (Phi) is 6.13. The van der Waals surface area contributed by atoms with Crippen LogP contribution in [0.1, 0.15) is 15.9 Å². The lowest BCUT2D eigenvalue weighted by Gasteiger charge is -2.08. The number of amides is 1. The number of carbonyl (C=O) groups excluding carboxylic acids is 1. The molecule has 0 aliphatic carbocycles. The first-order chi connectivity index (χ1) is 13.5. The second-order valence-corrected chi connectivity index (χ2v) is 8.17. The van der Waals surface area contributed by atoms with E-state index in [0.29, 0.717) is 11.3 Å². The topological polar surface area (TPSA) is 109 Å². The molecule has 0 fully saturated rings. The summed E-state index contributed by atoms with van der Waals surface area (Å²) in [6, 6.07) is 17.3. The first kappa shape index (κ1) is 19.7. The molecule has 0 saturated carbocycles. The van der Waals surface area contributed by atoms with Crippen LogP contribution in [0.4, 0.5) is 0 Å². The van der Waals surface area contributed by atoms with E-state index in [1.807, 2.05) is 30.3 Å². The molecule has 2 aromatic carbocycles. The van der Waals surface area contributed by atoms with Gasteiger partial charge in [0.05, 0.1) is 34.7 Å². The molecule has 28 heavy (non-hydrogen) atoms. The standard InChI is InChI=1S/C20H19N3O4S/c24-10-11-28(26,27)18-8-6-15(7-9-18)13-21-20(25)17-12-19(23-22-14-17)16-4-2-1-3-5-16/h1-9,12,14,24H,10-11,13H2,(H,21,25). The van der Waals surface area contributed by atoms with Gasteiger partial charge in [0.15, 0.2) is 9.84 Å². The van der Waals surface area contributed by atoms with Gasteiger partial charge in [-0.2, -0.15) is 10.2 Å². The molecule has 2 N–H and O–H groups in total. The number of aliphatic hydroxyl groups excluding tert-OH is 1. The molecule has 0 aliphatic rings. The second kappa shape index (κ2) is 8.73. The maximum Gasteiger partial charge on any atom is 0.253 e. The minimum Gasteiger partial charge on any atom is -0.395 e. The van der Waals surface area contributed by atoms with Crippen LogP contribution in [0.15, 0.2) is 71.8 Å². The third-order valence-electron chi connectivity index (χ3n) is 4.08. The predicted octanol–water partition coefficient (Wildman–Crippen LogP) is 1.84. The quantitative estimate of drug-likeness (QED) is 0.630. The van der Waals surface area contributed by atoms with Crippen LogP contribution in [0.5, 0.6) is 0 Å². The van der Waals surface area contributed by atoms with Crippen molar-refractivity contribution in [3.05, 3.63) is 78.0 Å². The number of sulfone groups is 1. The number of rotatable bonds is 7. The maximum absolute atomic E-state index is 12.4. The first-order valence-corrected chi connectivity index (χ1v) is 10.2. The molecule has 1 aromatic heterocycles. The van der Waals surface area contributed by atoms with Crippen molar-refractivity contribution < 1.29 is 18.3 Å². The summed E-state index contributed by atoms with van der Waals surface area (Å²) in [6.07, 6.45) is 1.40. The zero-order chi connectivity index (χ0) is 20.0. The van der Waals surface area contributed by atoms with Crippen LogP contribution in [0, 0.1) is 0 Å². The van der Waals surface area contributed by atoms with Crippen LogP contribution >= 0.6 is 0 Å². The van der Waals surface area contributed by atoms with Gasteiger partial charge in [0.2, 0.25) is 0 Å². The van der Waals surface area contributed by atoms with Crippen molar-refractivity contribution >= 4 is 15.7 Å². The highest BCUT2D eigenvalue weighted by atomic mass is 32.2. The summed E-state index contributed by atoms with van der Waals surface area (Å²) in [6.45, 7) is -0.187. The summed E-state index contributed by atoms with van der Waals surface area (Å²) < 4.78 is 23.8. The molecule has 1 heterocycles. The molecule has 0 aliphatic heterocycles. The lowest BCUT2D eigenvalue weighted by atomic mass is 10.1. The van der Waals surface area contributed by atoms with Crippen molar-refractivity contribution in [2.24, 2.45) is 0 Å². The molecule has 7 nitrogen and oxygen atoms in total. The van der Waals surface area contributed by atoms with Crippen molar-refractivity contribution in [3.8, 4) is 11.3 Å². The monoisotopic (exact) mass is 397 g/mol. The predicted molar refractivity (Wildman–Crippen MR) is 104 cm³/mol. The average molecular weight is 397 g/mol. The van der Waals surface area contributed by atoms with Crippen LogP contribution < -0.4 is 5.32 Å². The van der Waals surface area contributed by atoms with Crippen LogP contribution in [0.2, 0.25) is 0 Å². The van der Waals surface area contributed by atoms with E-state index in [2.05, 4.69) is 15.5 Å². The Morgan fingerprint density at radius 3 is 2.43 bits per heavy atom. The Labute approximate surface area is 163 Å². The smallest absolute Gasteiger partial charge is 0.253 e. The van der Waals surface area contributed by atoms with Gasteiger partial charge in [0, 0.05) is 12.1 Å². The number of aliphatic hydroxyl groups is 1. The van der Waals surface area contributed by atoms with E-state index in [-0.39, 0.29) is 23.1 Å². The largest absolute Gasteiger partial charge is 0.395 e. The second-order valence-electron chi connectivity index (χ2n) is 6.06. The number of nitrogens with zero attached hydrogens (tertiary/aromatic N) is 2. The molecule has 0 saturated heterocycles. The van der Waals surface area contributed by atoms with Gasteiger partial charge in [-0.05, 0) is 23.8 Å². The summed E-state index contributed by atoms with van der Waals surface area (Å²) >= 11 is 0. The number of carbonyl (C=O) groups is 1. The fraction of sp³-hybridized carbons (Fsp3) is 0.150. The Balaban J connectivity index is 1.66. The fourth-order valence-electron chi connectivity index (χ4n) is 2.58. The van der Waals surface area contributed by atoms with Gasteiger partial charge in [0.1, 0.15) is 0 Å². The molecular formula is C20H19N3O4S. The van der Waals surface area contributed by atoms with E-state index in [9.17, 15) is 13.2 Å². The molecule has 0 atom stereocenters. The zero-order valence-electron chi connectivity index (χ0n) is 14.9. The van der Waals surface area contributed by atoms with Gasteiger partial charge < -0.3 is 10.4 Å². The summed E-state index contributed by atoms with van der Waals surface area (Å²) in [5, 5.41) is 19.6. The van der Waals surface area contributed by atoms with E-state index in [1.54, 1.807) is 18.2 Å². The first-order valence-electron chi connectivity index (χ1n) is 8.58. The summed E-state index contributed by atoms with van der Waals surface area (Å²) in [7, 11) is -3.49. The molecule has 0 radical (unpaired) electrons. The molecule has 0 bridgehead atoms. The number of hydrogen-bond donors (Lipinski definition) is 2. The molecule has 144 valence electrons. The average Bonchev–Trinajstić information content (AvgIpc) is 2.73. The highest BCUT2D eigenvalue weighted by Crippen LogP contribution is 2.16. The van der Waals surface area contributed by atoms with Crippen molar-refractivity contribution in [3.63, 3.8) is 0 Å². The van der Waals surface area contributed by atoms with E-state index in [4.69, 9.17) is 5.11 Å². The van der Waals surface area contributed by atoms with E-state index in [1.165, 1.54) is 18.3 Å². The summed E-state index contributed by atoms with van der Waals surface area (Å²) in [4.78, 5) is 12.6. The summed E-state index contributed by atoms with van der Waals surface area (Å²) in [5.41, 5.74) is 2.61. The third-order valence-corrected chi connectivity index (χ3v) is 5.79. The SMILES string of the molecule is O=C(NCc1ccc(S(=O)(=O)CCO)cc1)c1cnnc(-c2ccccc2)c1. The van der Waals surface area contributed by atoms with Gasteiger partial charge in [0.25, 0.3) is 5.91 Å². The minimum absolute atomic E-state index is 0.141. The number of aromatic nitrogens is 2. The summed E-state index contributed by atoms with van der Waals surface area (Å²) in [5.74, 6) is -0.619. The van der Waals surface area contributed by atoms with Crippen LogP contribution in [0.25, 0.3) is 11.3 Å². The van der Waals surface area contributed by atoms with Crippen LogP contribution in [-0.2, 0) is 16.4 Å². The van der Waals surface area contributed by atoms with Crippen molar-refractivity contribution in [1.29, 1.82) is 0 Å². The van der Waals surface area contributed by atoms with Gasteiger partial charge in [-0.3, -0.25) is 4.79 Å². The molecular weight excluding hydrogens is 378 g/mol. The molecule has 3 rings (SSSR count).